The van der Waals surface area contributed by atoms with Crippen molar-refractivity contribution in [3.63, 3.8) is 0 Å². The number of likely N-dealkylation sites (tertiary alicyclic amines) is 2. The van der Waals surface area contributed by atoms with Crippen LogP contribution in [-0.2, 0) is 34.0 Å². The first-order valence-electron chi connectivity index (χ1n) is 18.9. The zero-order valence-corrected chi connectivity index (χ0v) is 30.9. The molecule has 53 heavy (non-hydrogen) atoms. The predicted octanol–water partition coefficient (Wildman–Crippen LogP) is 9.48. The first-order valence-corrected chi connectivity index (χ1v) is 20.3. The van der Waals surface area contributed by atoms with Crippen LogP contribution < -0.4 is 4.18 Å². The molecule has 0 spiro atoms. The van der Waals surface area contributed by atoms with Crippen LogP contribution in [0, 0.1) is 0 Å². The summed E-state index contributed by atoms with van der Waals surface area (Å²) in [6, 6.07) is 36.4. The molecule has 0 aromatic heterocycles. The van der Waals surface area contributed by atoms with Crippen molar-refractivity contribution < 1.29 is 30.9 Å². The first-order chi connectivity index (χ1) is 25.4. The van der Waals surface area contributed by atoms with Gasteiger partial charge in [0, 0.05) is 25.2 Å². The molecule has 2 saturated carbocycles. The van der Waals surface area contributed by atoms with Gasteiger partial charge < -0.3 is 9.29 Å². The molecule has 2 saturated heterocycles. The Bertz CT molecular complexity index is 1940. The van der Waals surface area contributed by atoms with Crippen LogP contribution in [-0.4, -0.2) is 54.0 Å². The minimum absolute atomic E-state index is 0.155. The number of halogens is 3. The van der Waals surface area contributed by atoms with Crippen LogP contribution in [0.1, 0.15) is 86.5 Å². The highest BCUT2D eigenvalue weighted by Crippen LogP contribution is 2.49. The number of aromatic hydroxyl groups is 1. The van der Waals surface area contributed by atoms with E-state index >= 15 is 0 Å². The molecule has 2 aliphatic carbocycles. The van der Waals surface area contributed by atoms with E-state index in [4.69, 9.17) is 0 Å². The Morgan fingerprint density at radius 2 is 1.15 bits per heavy atom. The van der Waals surface area contributed by atoms with Crippen molar-refractivity contribution in [2.45, 2.75) is 106 Å². The van der Waals surface area contributed by atoms with Gasteiger partial charge in [0.2, 0.25) is 0 Å². The highest BCUT2D eigenvalue weighted by molar-refractivity contribution is 7.88. The van der Waals surface area contributed by atoms with E-state index in [1.165, 1.54) is 60.9 Å². The number of fused-ring (bicyclic) bond motifs is 4. The fourth-order valence-corrected chi connectivity index (χ4v) is 10.0. The van der Waals surface area contributed by atoms with Crippen LogP contribution >= 0.6 is 0 Å². The van der Waals surface area contributed by atoms with Gasteiger partial charge in [-0.2, -0.15) is 21.6 Å². The lowest BCUT2D eigenvalue weighted by molar-refractivity contribution is -0.0500. The predicted molar refractivity (Wildman–Crippen MR) is 201 cm³/mol. The highest BCUT2D eigenvalue weighted by Gasteiger charge is 2.49. The normalized spacial score (nSPS) is 26.2. The Morgan fingerprint density at radius 3 is 1.64 bits per heavy atom. The number of phenols is 1. The van der Waals surface area contributed by atoms with Gasteiger partial charge in [0.15, 0.2) is 0 Å². The maximum absolute atomic E-state index is 12.7. The molecule has 4 bridgehead atoms. The summed E-state index contributed by atoms with van der Waals surface area (Å²) in [5, 5.41) is 9.87. The van der Waals surface area contributed by atoms with E-state index in [0.29, 0.717) is 17.8 Å². The minimum atomic E-state index is -5.67. The monoisotopic (exact) mass is 746 g/mol. The van der Waals surface area contributed by atoms with Gasteiger partial charge in [-0.25, -0.2) is 0 Å². The molecule has 6 nitrogen and oxygen atoms in total. The van der Waals surface area contributed by atoms with Crippen molar-refractivity contribution in [1.29, 1.82) is 0 Å². The van der Waals surface area contributed by atoms with E-state index in [9.17, 15) is 26.7 Å². The van der Waals surface area contributed by atoms with E-state index in [1.807, 2.05) is 36.4 Å². The molecule has 2 aliphatic heterocycles. The first kappa shape index (κ1) is 37.5. The Morgan fingerprint density at radius 1 is 0.660 bits per heavy atom. The van der Waals surface area contributed by atoms with Gasteiger partial charge >= 0.3 is 15.6 Å². The number of phenolic OH excluding ortho intramolecular Hbond substituents is 1. The van der Waals surface area contributed by atoms with Gasteiger partial charge in [0.05, 0.1) is 0 Å². The summed E-state index contributed by atoms with van der Waals surface area (Å²) in [5.41, 5.74) is -0.416. The van der Waals surface area contributed by atoms with Crippen LogP contribution in [0.3, 0.4) is 0 Å². The molecule has 8 rings (SSSR count). The minimum Gasteiger partial charge on any atom is -0.508 e. The zero-order chi connectivity index (χ0) is 37.1. The van der Waals surface area contributed by atoms with Crippen LogP contribution in [0.15, 0.2) is 109 Å². The van der Waals surface area contributed by atoms with Crippen LogP contribution in [0.5, 0.6) is 11.5 Å². The molecule has 0 amide bonds. The number of nitrogens with zero attached hydrogens (tertiary/aromatic N) is 2. The number of rotatable bonds is 8. The number of hydrogen-bond acceptors (Lipinski definition) is 6. The molecule has 4 aromatic rings. The molecule has 2 heterocycles. The summed E-state index contributed by atoms with van der Waals surface area (Å²) in [4.78, 5) is 5.16. The summed E-state index contributed by atoms with van der Waals surface area (Å²) >= 11 is 0. The van der Waals surface area contributed by atoms with Crippen LogP contribution in [0.25, 0.3) is 0 Å². The van der Waals surface area contributed by atoms with E-state index in [2.05, 4.69) is 62.5 Å². The third-order valence-electron chi connectivity index (χ3n) is 12.3. The third kappa shape index (κ3) is 8.45. The Balaban J connectivity index is 0.000000170. The summed E-state index contributed by atoms with van der Waals surface area (Å²) in [7, 11) is -5.67. The molecule has 10 heteroatoms. The summed E-state index contributed by atoms with van der Waals surface area (Å²) in [6.07, 6.45) is 11.2. The lowest BCUT2D eigenvalue weighted by atomic mass is 9.63. The number of piperidine rings is 2. The van der Waals surface area contributed by atoms with Gasteiger partial charge in [0.25, 0.3) is 0 Å². The maximum Gasteiger partial charge on any atom is 0.534 e. The fraction of sp³-hybridized carbons (Fsp3) is 0.442. The Labute approximate surface area is 311 Å². The molecule has 0 radical (unpaired) electrons. The lowest BCUT2D eigenvalue weighted by Crippen LogP contribution is -2.51. The number of hydrogen-bond donors (Lipinski definition) is 1. The smallest absolute Gasteiger partial charge is 0.508 e. The molecule has 4 aliphatic rings. The van der Waals surface area contributed by atoms with Gasteiger partial charge in [-0.15, -0.1) is 0 Å². The van der Waals surface area contributed by atoms with Crippen LogP contribution in [0.2, 0.25) is 0 Å². The largest absolute Gasteiger partial charge is 0.534 e. The molecule has 4 atom stereocenters. The van der Waals surface area contributed by atoms with Gasteiger partial charge in [-0.05, 0) is 122 Å². The van der Waals surface area contributed by atoms with Crippen molar-refractivity contribution in [3.05, 3.63) is 131 Å². The molecular formula is C43H49F3N2O4S. The Kier molecular flexibility index (Phi) is 10.9. The SMILES string of the molecule is O=S(=O)(Oc1cccc(C23CCCC(C2)N(Cc2ccccc2)CC3)c1)C(F)(F)F.Oc1cccc(C23CCCC(C2)N(Cc2ccccc2)CC3)c1. The standard InChI is InChI=1S/C22H24F3NO3S.C21H25NO/c23-22(24,25)30(27,28)29-20-10-4-8-18(14-20)21-11-5-9-19(15-21)26(13-12-21)16-17-6-2-1-3-7-17;23-20-10-4-8-18(14-20)21-11-5-9-19(15-21)22(13-12-21)16-17-6-2-1-3-7-17/h1-4,6-8,10,14,19H,5,9,11-13,15-16H2;1-4,6-8,10,14,19,23H,5,9,11-13,15-16H2. The maximum atomic E-state index is 12.7. The van der Waals surface area contributed by atoms with Gasteiger partial charge in [-0.1, -0.05) is 97.8 Å². The topological polar surface area (TPSA) is 70.1 Å². The van der Waals surface area contributed by atoms with Crippen molar-refractivity contribution in [1.82, 2.24) is 9.80 Å². The third-order valence-corrected chi connectivity index (χ3v) is 13.3. The summed E-state index contributed by atoms with van der Waals surface area (Å²) < 4.78 is 65.2. The Hall–Kier alpha value is -3.86. The van der Waals surface area contributed by atoms with E-state index in [0.717, 1.165) is 63.8 Å². The van der Waals surface area contributed by atoms with Crippen molar-refractivity contribution >= 4 is 10.1 Å². The van der Waals surface area contributed by atoms with Crippen LogP contribution in [0.4, 0.5) is 13.2 Å². The van der Waals surface area contributed by atoms with Gasteiger partial charge in [-0.3, -0.25) is 9.80 Å². The van der Waals surface area contributed by atoms with Crippen molar-refractivity contribution in [2.75, 3.05) is 13.1 Å². The fourth-order valence-electron chi connectivity index (χ4n) is 9.57. The number of alkyl halides is 3. The van der Waals surface area contributed by atoms with E-state index in [-0.39, 0.29) is 16.6 Å². The average Bonchev–Trinajstić information content (AvgIpc) is 3.15. The second kappa shape index (κ2) is 15.5. The average molecular weight is 747 g/mol. The highest BCUT2D eigenvalue weighted by atomic mass is 32.2. The number of benzene rings is 4. The second-order valence-electron chi connectivity index (χ2n) is 15.5. The molecule has 1 N–H and O–H groups in total. The molecule has 4 aromatic carbocycles. The zero-order valence-electron chi connectivity index (χ0n) is 30.1. The quantitative estimate of drug-likeness (QED) is 0.143. The molecule has 4 fully saturated rings. The lowest BCUT2D eigenvalue weighted by Gasteiger charge is -2.51. The van der Waals surface area contributed by atoms with E-state index < -0.39 is 15.6 Å². The molecule has 4 unspecified atom stereocenters. The molecular weight excluding hydrogens is 698 g/mol. The van der Waals surface area contributed by atoms with Crippen molar-refractivity contribution in [2.24, 2.45) is 0 Å². The van der Waals surface area contributed by atoms with E-state index in [1.54, 1.807) is 12.1 Å². The summed E-state index contributed by atoms with van der Waals surface area (Å²) in [6.45, 7) is 4.01. The van der Waals surface area contributed by atoms with Crippen molar-refractivity contribution in [3.8, 4) is 11.5 Å². The summed E-state index contributed by atoms with van der Waals surface area (Å²) in [5.74, 6) is 0.124. The second-order valence-corrected chi connectivity index (χ2v) is 17.1. The van der Waals surface area contributed by atoms with Gasteiger partial charge in [0.1, 0.15) is 11.5 Å². The molecule has 282 valence electrons.